The fourth-order valence-electron chi connectivity index (χ4n) is 3.89. The fourth-order valence-corrected chi connectivity index (χ4v) is 3.89. The molecule has 0 aliphatic rings. The van der Waals surface area contributed by atoms with Crippen molar-refractivity contribution in [2.75, 3.05) is 0 Å². The SMILES string of the molecule is CCCc1cccc(C(CCCCCc2ccccc2)OC(=O)O)c1CCC. The van der Waals surface area contributed by atoms with E-state index in [1.54, 1.807) is 0 Å². The Hall–Kier alpha value is -2.29. The van der Waals surface area contributed by atoms with Gasteiger partial charge < -0.3 is 9.84 Å². The van der Waals surface area contributed by atoms with Crippen molar-refractivity contribution in [3.8, 4) is 0 Å². The molecule has 152 valence electrons. The summed E-state index contributed by atoms with van der Waals surface area (Å²) in [6.45, 7) is 4.35. The first-order valence-corrected chi connectivity index (χ1v) is 10.7. The average molecular weight is 383 g/mol. The topological polar surface area (TPSA) is 46.5 Å². The third-order valence-electron chi connectivity index (χ3n) is 5.19. The summed E-state index contributed by atoms with van der Waals surface area (Å²) >= 11 is 0. The van der Waals surface area contributed by atoms with Crippen LogP contribution in [0.2, 0.25) is 0 Å². The molecule has 3 nitrogen and oxygen atoms in total. The maximum atomic E-state index is 11.3. The third kappa shape index (κ3) is 7.03. The third-order valence-corrected chi connectivity index (χ3v) is 5.19. The molecule has 0 heterocycles. The number of carbonyl (C=O) groups is 1. The van der Waals surface area contributed by atoms with E-state index in [0.29, 0.717) is 0 Å². The average Bonchev–Trinajstić information content (AvgIpc) is 2.69. The molecule has 0 bridgehead atoms. The van der Waals surface area contributed by atoms with Crippen LogP contribution in [0.25, 0.3) is 0 Å². The van der Waals surface area contributed by atoms with Crippen molar-refractivity contribution >= 4 is 6.16 Å². The molecular formula is C25H34O3. The zero-order valence-electron chi connectivity index (χ0n) is 17.3. The van der Waals surface area contributed by atoms with Crippen LogP contribution in [-0.2, 0) is 24.0 Å². The summed E-state index contributed by atoms with van der Waals surface area (Å²) in [6.07, 6.45) is 7.55. The number of carboxylic acid groups (broad SMARTS) is 1. The number of benzene rings is 2. The second kappa shape index (κ2) is 12.2. The largest absolute Gasteiger partial charge is 0.506 e. The Bertz CT molecular complexity index is 709. The van der Waals surface area contributed by atoms with Crippen LogP contribution in [0.15, 0.2) is 48.5 Å². The molecule has 0 aromatic heterocycles. The number of ether oxygens (including phenoxy) is 1. The van der Waals surface area contributed by atoms with Crippen molar-refractivity contribution in [3.05, 3.63) is 70.8 Å². The van der Waals surface area contributed by atoms with Gasteiger partial charge in [-0.05, 0) is 60.8 Å². The number of aryl methyl sites for hydroxylation is 2. The Morgan fingerprint density at radius 2 is 1.64 bits per heavy atom. The molecule has 0 aliphatic carbocycles. The van der Waals surface area contributed by atoms with Gasteiger partial charge in [-0.3, -0.25) is 0 Å². The number of hydrogen-bond acceptors (Lipinski definition) is 2. The lowest BCUT2D eigenvalue weighted by atomic mass is 9.90. The van der Waals surface area contributed by atoms with E-state index in [1.165, 1.54) is 16.7 Å². The summed E-state index contributed by atoms with van der Waals surface area (Å²) in [4.78, 5) is 11.3. The Labute approximate surface area is 169 Å². The van der Waals surface area contributed by atoms with Gasteiger partial charge in [-0.25, -0.2) is 4.79 Å². The van der Waals surface area contributed by atoms with E-state index >= 15 is 0 Å². The van der Waals surface area contributed by atoms with E-state index in [1.807, 2.05) is 12.1 Å². The first kappa shape index (κ1) is 22.0. The number of unbranched alkanes of at least 4 members (excludes halogenated alkanes) is 2. The molecular weight excluding hydrogens is 348 g/mol. The molecule has 0 fully saturated rings. The lowest BCUT2D eigenvalue weighted by Gasteiger charge is -2.22. The van der Waals surface area contributed by atoms with Crippen molar-refractivity contribution in [1.29, 1.82) is 0 Å². The van der Waals surface area contributed by atoms with Gasteiger partial charge in [-0.15, -0.1) is 0 Å². The Balaban J connectivity index is 2.02. The fraction of sp³-hybridized carbons (Fsp3) is 0.480. The molecule has 0 amide bonds. The van der Waals surface area contributed by atoms with E-state index in [4.69, 9.17) is 4.74 Å². The van der Waals surface area contributed by atoms with Crippen molar-refractivity contribution in [2.24, 2.45) is 0 Å². The minimum Gasteiger partial charge on any atom is -0.450 e. The molecule has 1 atom stereocenters. The molecule has 0 aliphatic heterocycles. The van der Waals surface area contributed by atoms with E-state index in [0.717, 1.165) is 63.4 Å². The molecule has 0 spiro atoms. The van der Waals surface area contributed by atoms with Gasteiger partial charge in [0.1, 0.15) is 6.10 Å². The minimum atomic E-state index is -1.18. The highest BCUT2D eigenvalue weighted by molar-refractivity contribution is 5.57. The molecule has 1 N–H and O–H groups in total. The van der Waals surface area contributed by atoms with Crippen molar-refractivity contribution in [2.45, 2.75) is 77.7 Å². The Morgan fingerprint density at radius 1 is 0.893 bits per heavy atom. The van der Waals surface area contributed by atoms with Crippen molar-refractivity contribution in [1.82, 2.24) is 0 Å². The van der Waals surface area contributed by atoms with Crippen LogP contribution in [0.3, 0.4) is 0 Å². The summed E-state index contributed by atoms with van der Waals surface area (Å²) in [5.41, 5.74) is 5.06. The van der Waals surface area contributed by atoms with Crippen LogP contribution in [0, 0.1) is 0 Å². The van der Waals surface area contributed by atoms with Gasteiger partial charge in [-0.1, -0.05) is 81.6 Å². The lowest BCUT2D eigenvalue weighted by molar-refractivity contribution is 0.0460. The van der Waals surface area contributed by atoms with E-state index in [9.17, 15) is 9.90 Å². The van der Waals surface area contributed by atoms with E-state index < -0.39 is 6.16 Å². The summed E-state index contributed by atoms with van der Waals surface area (Å²) in [7, 11) is 0. The van der Waals surface area contributed by atoms with Crippen molar-refractivity contribution < 1.29 is 14.6 Å². The molecule has 1 unspecified atom stereocenters. The second-order valence-electron chi connectivity index (χ2n) is 7.44. The number of rotatable bonds is 12. The standard InChI is InChI=1S/C25H34O3/c1-3-12-21-17-11-18-23(22(21)13-4-2)24(28-25(26)27)19-10-6-9-16-20-14-7-5-8-15-20/h5,7-8,11,14-15,17-18,24H,3-4,6,9-10,12-13,16,19H2,1-2H3,(H,26,27). The van der Waals surface area contributed by atoms with Crippen LogP contribution < -0.4 is 0 Å². The van der Waals surface area contributed by atoms with Gasteiger partial charge in [0.15, 0.2) is 0 Å². The normalized spacial score (nSPS) is 11.9. The van der Waals surface area contributed by atoms with E-state index in [-0.39, 0.29) is 6.10 Å². The van der Waals surface area contributed by atoms with Gasteiger partial charge in [0, 0.05) is 0 Å². The predicted molar refractivity (Wildman–Crippen MR) is 115 cm³/mol. The van der Waals surface area contributed by atoms with Gasteiger partial charge >= 0.3 is 6.16 Å². The molecule has 0 radical (unpaired) electrons. The molecule has 28 heavy (non-hydrogen) atoms. The Morgan fingerprint density at radius 3 is 2.32 bits per heavy atom. The summed E-state index contributed by atoms with van der Waals surface area (Å²) in [5, 5.41) is 9.27. The maximum absolute atomic E-state index is 11.3. The van der Waals surface area contributed by atoms with E-state index in [2.05, 4.69) is 50.2 Å². The molecule has 2 rings (SSSR count). The lowest BCUT2D eigenvalue weighted by Crippen LogP contribution is -2.13. The number of hydrogen-bond donors (Lipinski definition) is 1. The van der Waals surface area contributed by atoms with Crippen LogP contribution in [-0.4, -0.2) is 11.3 Å². The smallest absolute Gasteiger partial charge is 0.450 e. The highest BCUT2D eigenvalue weighted by Crippen LogP contribution is 2.30. The highest BCUT2D eigenvalue weighted by atomic mass is 16.7. The summed E-state index contributed by atoms with van der Waals surface area (Å²) < 4.78 is 5.34. The molecule has 0 saturated carbocycles. The monoisotopic (exact) mass is 382 g/mol. The molecule has 0 saturated heterocycles. The van der Waals surface area contributed by atoms with Crippen LogP contribution in [0.4, 0.5) is 4.79 Å². The second-order valence-corrected chi connectivity index (χ2v) is 7.44. The van der Waals surface area contributed by atoms with Crippen LogP contribution in [0.5, 0.6) is 0 Å². The van der Waals surface area contributed by atoms with Crippen molar-refractivity contribution in [3.63, 3.8) is 0 Å². The molecule has 2 aromatic carbocycles. The van der Waals surface area contributed by atoms with Crippen LogP contribution >= 0.6 is 0 Å². The van der Waals surface area contributed by atoms with Gasteiger partial charge in [0.2, 0.25) is 0 Å². The minimum absolute atomic E-state index is 0.368. The zero-order chi connectivity index (χ0) is 20.2. The first-order chi connectivity index (χ1) is 13.7. The van der Waals surface area contributed by atoms with Crippen LogP contribution in [0.1, 0.15) is 80.7 Å². The zero-order valence-corrected chi connectivity index (χ0v) is 17.3. The highest BCUT2D eigenvalue weighted by Gasteiger charge is 2.20. The van der Waals surface area contributed by atoms with Gasteiger partial charge in [-0.2, -0.15) is 0 Å². The van der Waals surface area contributed by atoms with Gasteiger partial charge in [0.05, 0.1) is 0 Å². The summed E-state index contributed by atoms with van der Waals surface area (Å²) in [5.74, 6) is 0. The maximum Gasteiger partial charge on any atom is 0.506 e. The first-order valence-electron chi connectivity index (χ1n) is 10.7. The molecule has 3 heteroatoms. The predicted octanol–water partition coefficient (Wildman–Crippen LogP) is 7.13. The quantitative estimate of drug-likeness (QED) is 0.314. The van der Waals surface area contributed by atoms with Gasteiger partial charge in [0.25, 0.3) is 0 Å². The molecule has 2 aromatic rings. The summed E-state index contributed by atoms with van der Waals surface area (Å²) in [6, 6.07) is 16.8. The Kier molecular flexibility index (Phi) is 9.61.